The van der Waals surface area contributed by atoms with Crippen molar-refractivity contribution >= 4 is 15.8 Å². The van der Waals surface area contributed by atoms with Crippen molar-refractivity contribution in [3.8, 4) is 0 Å². The maximum atomic E-state index is 12.5. The van der Waals surface area contributed by atoms with E-state index in [0.717, 1.165) is 19.3 Å². The minimum absolute atomic E-state index is 0.0358. The van der Waals surface area contributed by atoms with Crippen molar-refractivity contribution in [3.05, 3.63) is 0 Å². The number of Topliss-reactive ketones (excluding diaryl/α,β-unsaturated/α-hetero) is 1. The van der Waals surface area contributed by atoms with Gasteiger partial charge in [-0.05, 0) is 49.9 Å². The van der Waals surface area contributed by atoms with Gasteiger partial charge in [0.2, 0.25) is 10.0 Å². The number of carbonyl (C=O) groups is 1. The molecule has 0 heterocycles. The van der Waals surface area contributed by atoms with Gasteiger partial charge in [0.1, 0.15) is 5.78 Å². The highest BCUT2D eigenvalue weighted by atomic mass is 32.2. The standard InChI is InChI=1S/C16H27NO4S/c1-14(2)12-6-7-16(14,13(18)8-12)10-22(20,21)17-9-15(3,19)11-4-5-11/h11-12,17,19H,4-10H2,1-3H3. The van der Waals surface area contributed by atoms with E-state index in [4.69, 9.17) is 0 Å². The van der Waals surface area contributed by atoms with Crippen LogP contribution in [0.1, 0.15) is 52.9 Å². The van der Waals surface area contributed by atoms with Crippen LogP contribution in [0.2, 0.25) is 0 Å². The molecule has 0 aromatic carbocycles. The Balaban J connectivity index is 1.72. The number of aliphatic hydroxyl groups is 1. The topological polar surface area (TPSA) is 83.5 Å². The molecule has 0 aliphatic heterocycles. The third-order valence-electron chi connectivity index (χ3n) is 6.68. The van der Waals surface area contributed by atoms with Gasteiger partial charge >= 0.3 is 0 Å². The highest BCUT2D eigenvalue weighted by molar-refractivity contribution is 7.89. The fourth-order valence-electron chi connectivity index (χ4n) is 4.59. The van der Waals surface area contributed by atoms with Gasteiger partial charge in [0.25, 0.3) is 0 Å². The number of hydrogen-bond donors (Lipinski definition) is 2. The first-order valence-electron chi connectivity index (χ1n) is 8.23. The highest BCUT2D eigenvalue weighted by Crippen LogP contribution is 2.64. The number of sulfonamides is 1. The van der Waals surface area contributed by atoms with Gasteiger partial charge in [-0.25, -0.2) is 13.1 Å². The molecule has 3 atom stereocenters. The number of hydrogen-bond acceptors (Lipinski definition) is 4. The van der Waals surface area contributed by atoms with Gasteiger partial charge in [0.15, 0.2) is 0 Å². The third kappa shape index (κ3) is 2.43. The second kappa shape index (κ2) is 4.77. The summed E-state index contributed by atoms with van der Waals surface area (Å²) in [7, 11) is -3.58. The van der Waals surface area contributed by atoms with Gasteiger partial charge < -0.3 is 5.11 Å². The fourth-order valence-corrected chi connectivity index (χ4v) is 6.53. The SMILES string of the molecule is CC(O)(CNS(=O)(=O)CC12CCC(CC1=O)C2(C)C)C1CC1. The van der Waals surface area contributed by atoms with E-state index in [0.29, 0.717) is 18.8 Å². The Morgan fingerprint density at radius 2 is 1.95 bits per heavy atom. The van der Waals surface area contributed by atoms with Crippen molar-refractivity contribution < 1.29 is 18.3 Å². The molecule has 0 amide bonds. The van der Waals surface area contributed by atoms with E-state index >= 15 is 0 Å². The lowest BCUT2D eigenvalue weighted by molar-refractivity contribution is -0.128. The Labute approximate surface area is 132 Å². The molecule has 0 aromatic heterocycles. The number of fused-ring (bicyclic) bond motifs is 2. The van der Waals surface area contributed by atoms with E-state index < -0.39 is 21.0 Å². The molecule has 5 nitrogen and oxygen atoms in total. The lowest BCUT2D eigenvalue weighted by Gasteiger charge is -2.36. The molecule has 0 saturated heterocycles. The van der Waals surface area contributed by atoms with E-state index in [1.165, 1.54) is 0 Å². The summed E-state index contributed by atoms with van der Waals surface area (Å²) in [6, 6.07) is 0. The van der Waals surface area contributed by atoms with Crippen LogP contribution in [-0.2, 0) is 14.8 Å². The average molecular weight is 329 g/mol. The van der Waals surface area contributed by atoms with Crippen LogP contribution in [0.15, 0.2) is 0 Å². The Bertz CT molecular complexity index is 591. The molecule has 126 valence electrons. The summed E-state index contributed by atoms with van der Waals surface area (Å²) in [5, 5.41) is 10.3. The van der Waals surface area contributed by atoms with E-state index in [1.54, 1.807) is 6.92 Å². The largest absolute Gasteiger partial charge is 0.389 e. The molecule has 3 saturated carbocycles. The Morgan fingerprint density at radius 3 is 2.41 bits per heavy atom. The molecular formula is C16H27NO4S. The van der Waals surface area contributed by atoms with Crippen LogP contribution in [0, 0.1) is 22.7 Å². The zero-order valence-corrected chi connectivity index (χ0v) is 14.5. The number of ketones is 1. The summed E-state index contributed by atoms with van der Waals surface area (Å²) in [4.78, 5) is 12.4. The summed E-state index contributed by atoms with van der Waals surface area (Å²) in [5.74, 6) is 0.468. The molecule has 3 rings (SSSR count). The molecule has 0 spiro atoms. The lowest BCUT2D eigenvalue weighted by Crippen LogP contribution is -2.48. The van der Waals surface area contributed by atoms with Crippen LogP contribution in [0.4, 0.5) is 0 Å². The zero-order chi connectivity index (χ0) is 16.4. The van der Waals surface area contributed by atoms with E-state index in [-0.39, 0.29) is 29.4 Å². The predicted molar refractivity (Wildman–Crippen MR) is 83.7 cm³/mol. The molecule has 6 heteroatoms. The minimum Gasteiger partial charge on any atom is -0.389 e. The maximum Gasteiger partial charge on any atom is 0.212 e. The number of nitrogens with one attached hydrogen (secondary N) is 1. The molecule has 0 aromatic rings. The van der Waals surface area contributed by atoms with Crippen LogP contribution in [0.5, 0.6) is 0 Å². The normalized spacial score (nSPS) is 36.5. The van der Waals surface area contributed by atoms with E-state index in [2.05, 4.69) is 4.72 Å². The first-order valence-corrected chi connectivity index (χ1v) is 9.88. The van der Waals surface area contributed by atoms with Crippen LogP contribution >= 0.6 is 0 Å². The van der Waals surface area contributed by atoms with Crippen molar-refractivity contribution in [3.63, 3.8) is 0 Å². The highest BCUT2D eigenvalue weighted by Gasteiger charge is 2.65. The molecule has 0 radical (unpaired) electrons. The summed E-state index contributed by atoms with van der Waals surface area (Å²) >= 11 is 0. The van der Waals surface area contributed by atoms with Gasteiger partial charge in [-0.15, -0.1) is 0 Å². The van der Waals surface area contributed by atoms with Gasteiger partial charge in [0.05, 0.1) is 11.4 Å². The molecule has 3 fully saturated rings. The monoisotopic (exact) mass is 329 g/mol. The molecule has 2 N–H and O–H groups in total. The summed E-state index contributed by atoms with van der Waals surface area (Å²) in [6.45, 7) is 5.78. The van der Waals surface area contributed by atoms with Gasteiger partial charge in [0, 0.05) is 18.4 Å². The van der Waals surface area contributed by atoms with Crippen molar-refractivity contribution in [2.24, 2.45) is 22.7 Å². The molecule has 3 aliphatic rings. The quantitative estimate of drug-likeness (QED) is 0.773. The summed E-state index contributed by atoms with van der Waals surface area (Å²) in [5.41, 5.74) is -1.98. The molecular weight excluding hydrogens is 302 g/mol. The third-order valence-corrected chi connectivity index (χ3v) is 8.14. The van der Waals surface area contributed by atoms with Gasteiger partial charge in [-0.2, -0.15) is 0 Å². The fraction of sp³-hybridized carbons (Fsp3) is 0.938. The molecule has 2 bridgehead atoms. The van der Waals surface area contributed by atoms with Crippen molar-refractivity contribution in [2.45, 2.75) is 58.5 Å². The van der Waals surface area contributed by atoms with Crippen LogP contribution in [0.3, 0.4) is 0 Å². The minimum atomic E-state index is -3.58. The van der Waals surface area contributed by atoms with E-state index in [9.17, 15) is 18.3 Å². The second-order valence-corrected chi connectivity index (χ2v) is 10.2. The molecule has 22 heavy (non-hydrogen) atoms. The van der Waals surface area contributed by atoms with Crippen LogP contribution < -0.4 is 4.72 Å². The lowest BCUT2D eigenvalue weighted by atomic mass is 9.70. The maximum absolute atomic E-state index is 12.5. The second-order valence-electron chi connectivity index (χ2n) is 8.38. The predicted octanol–water partition coefficient (Wildman–Crippen LogP) is 1.46. The first kappa shape index (κ1) is 16.4. The summed E-state index contributed by atoms with van der Waals surface area (Å²) in [6.07, 6.45) is 4.03. The van der Waals surface area contributed by atoms with Crippen LogP contribution in [-0.4, -0.2) is 37.2 Å². The Morgan fingerprint density at radius 1 is 1.32 bits per heavy atom. The number of rotatable bonds is 6. The Hall–Kier alpha value is -0.460. The number of carbonyl (C=O) groups excluding carboxylic acids is 1. The van der Waals surface area contributed by atoms with Gasteiger partial charge in [-0.1, -0.05) is 13.8 Å². The van der Waals surface area contributed by atoms with Gasteiger partial charge in [-0.3, -0.25) is 4.79 Å². The Kier molecular flexibility index (Phi) is 3.56. The summed E-state index contributed by atoms with van der Waals surface area (Å²) < 4.78 is 27.6. The molecule has 3 unspecified atom stereocenters. The molecule has 3 aliphatic carbocycles. The van der Waals surface area contributed by atoms with Crippen molar-refractivity contribution in [2.75, 3.05) is 12.3 Å². The van der Waals surface area contributed by atoms with Crippen molar-refractivity contribution in [1.29, 1.82) is 0 Å². The zero-order valence-electron chi connectivity index (χ0n) is 13.7. The van der Waals surface area contributed by atoms with Crippen LogP contribution in [0.25, 0.3) is 0 Å². The smallest absolute Gasteiger partial charge is 0.212 e. The van der Waals surface area contributed by atoms with E-state index in [1.807, 2.05) is 13.8 Å². The van der Waals surface area contributed by atoms with Crippen molar-refractivity contribution in [1.82, 2.24) is 4.72 Å². The average Bonchev–Trinajstić information content (AvgIpc) is 3.18. The first-order chi connectivity index (χ1) is 10.0.